The Balaban J connectivity index is 1.27. The molecule has 0 spiro atoms. The quantitative estimate of drug-likeness (QED) is 0.465. The van der Waals surface area contributed by atoms with Gasteiger partial charge in [-0.1, -0.05) is 6.07 Å². The Morgan fingerprint density at radius 1 is 1.21 bits per heavy atom. The highest BCUT2D eigenvalue weighted by Crippen LogP contribution is 2.24. The summed E-state index contributed by atoms with van der Waals surface area (Å²) in [6.07, 6.45) is 3.57. The zero-order valence-corrected chi connectivity index (χ0v) is 19.6. The summed E-state index contributed by atoms with van der Waals surface area (Å²) in [5.74, 6) is 0.808. The highest BCUT2D eigenvalue weighted by atomic mass is 32.1. The van der Waals surface area contributed by atoms with Crippen LogP contribution < -0.4 is 15.0 Å². The van der Waals surface area contributed by atoms with Crippen molar-refractivity contribution < 1.29 is 9.53 Å². The molecule has 0 bridgehead atoms. The molecule has 1 saturated heterocycles. The van der Waals surface area contributed by atoms with Gasteiger partial charge in [-0.3, -0.25) is 4.79 Å². The number of carbonyl (C=O) groups is 1. The summed E-state index contributed by atoms with van der Waals surface area (Å²) in [6.45, 7) is 4.39. The van der Waals surface area contributed by atoms with Gasteiger partial charge in [-0.2, -0.15) is 5.10 Å². The number of ether oxygens (including phenoxy) is 1. The molecule has 0 radical (unpaired) electrons. The average molecular weight is 462 g/mol. The molecule has 4 aromatic rings. The first-order chi connectivity index (χ1) is 16.1. The lowest BCUT2D eigenvalue weighted by molar-refractivity contribution is 0.0932. The van der Waals surface area contributed by atoms with Crippen molar-refractivity contribution >= 4 is 34.0 Å². The average Bonchev–Trinajstić information content (AvgIpc) is 3.50. The third kappa shape index (κ3) is 4.57. The number of nitrogens with zero attached hydrogens (tertiary/aromatic N) is 4. The molecule has 1 N–H and O–H groups in total. The molecule has 1 aliphatic heterocycles. The number of piperidine rings is 1. The van der Waals surface area contributed by atoms with Gasteiger partial charge in [-0.15, -0.1) is 11.3 Å². The highest BCUT2D eigenvalue weighted by molar-refractivity contribution is 7.09. The van der Waals surface area contributed by atoms with Crippen LogP contribution in [-0.4, -0.2) is 46.9 Å². The second-order valence-corrected chi connectivity index (χ2v) is 9.40. The van der Waals surface area contributed by atoms with E-state index in [9.17, 15) is 4.79 Å². The van der Waals surface area contributed by atoms with Crippen molar-refractivity contribution in [2.24, 2.45) is 0 Å². The van der Waals surface area contributed by atoms with Crippen LogP contribution >= 0.6 is 11.3 Å². The molecular weight excluding hydrogens is 434 g/mol. The number of rotatable bonds is 6. The minimum atomic E-state index is -0.0518. The molecule has 8 heteroatoms. The molecular formula is C25H27N5O2S. The van der Waals surface area contributed by atoms with Crippen molar-refractivity contribution in [1.82, 2.24) is 20.1 Å². The van der Waals surface area contributed by atoms with E-state index in [1.54, 1.807) is 24.6 Å². The number of amides is 1. The number of anilines is 1. The third-order valence-electron chi connectivity index (χ3n) is 6.14. The Morgan fingerprint density at radius 3 is 2.70 bits per heavy atom. The lowest BCUT2D eigenvalue weighted by Gasteiger charge is -2.34. The largest absolute Gasteiger partial charge is 0.497 e. The first-order valence-corrected chi connectivity index (χ1v) is 12.0. The van der Waals surface area contributed by atoms with Crippen LogP contribution in [0.3, 0.4) is 0 Å². The molecule has 1 aliphatic rings. The molecule has 0 aliphatic carbocycles. The molecule has 1 aromatic carbocycles. The number of hydrogen-bond acceptors (Lipinski definition) is 6. The van der Waals surface area contributed by atoms with Crippen LogP contribution in [0.25, 0.3) is 11.0 Å². The standard InChI is InChI=1S/C25H27N5O2S/c1-17-14-22(23-15-26-30(24(23)27-17)16-21-4-3-13-33-21)25(31)28-18-9-11-29(12-10-18)19-5-7-20(32-2)8-6-19/h3-8,13-15,18H,9-12,16H2,1-2H3,(H,28,31). The maximum atomic E-state index is 13.2. The van der Waals surface area contributed by atoms with E-state index in [2.05, 4.69) is 43.9 Å². The first kappa shape index (κ1) is 21.5. The van der Waals surface area contributed by atoms with E-state index in [4.69, 9.17) is 4.74 Å². The zero-order chi connectivity index (χ0) is 22.8. The van der Waals surface area contributed by atoms with E-state index < -0.39 is 0 Å². The lowest BCUT2D eigenvalue weighted by Crippen LogP contribution is -2.44. The SMILES string of the molecule is COc1ccc(N2CCC(NC(=O)c3cc(C)nc4c3cnn4Cc3cccs3)CC2)cc1. The van der Waals surface area contributed by atoms with Crippen LogP contribution in [0.2, 0.25) is 0 Å². The summed E-state index contributed by atoms with van der Waals surface area (Å²) >= 11 is 1.69. The van der Waals surface area contributed by atoms with E-state index in [-0.39, 0.29) is 11.9 Å². The molecule has 0 saturated carbocycles. The van der Waals surface area contributed by atoms with Crippen molar-refractivity contribution in [2.75, 3.05) is 25.1 Å². The molecule has 1 fully saturated rings. The molecule has 7 nitrogen and oxygen atoms in total. The van der Waals surface area contributed by atoms with Gasteiger partial charge < -0.3 is 15.0 Å². The fourth-order valence-electron chi connectivity index (χ4n) is 4.36. The summed E-state index contributed by atoms with van der Waals surface area (Å²) in [7, 11) is 1.68. The van der Waals surface area contributed by atoms with Crippen LogP contribution in [0.5, 0.6) is 5.75 Å². The minimum Gasteiger partial charge on any atom is -0.497 e. The zero-order valence-electron chi connectivity index (χ0n) is 18.8. The number of aryl methyl sites for hydroxylation is 1. The maximum Gasteiger partial charge on any atom is 0.252 e. The predicted molar refractivity (Wildman–Crippen MR) is 131 cm³/mol. The summed E-state index contributed by atoms with van der Waals surface area (Å²) in [5.41, 5.74) is 3.40. The van der Waals surface area contributed by atoms with Crippen LogP contribution in [0.15, 0.2) is 54.0 Å². The molecule has 170 valence electrons. The van der Waals surface area contributed by atoms with Crippen LogP contribution in [0.1, 0.15) is 33.8 Å². The summed E-state index contributed by atoms with van der Waals surface area (Å²) < 4.78 is 7.12. The van der Waals surface area contributed by atoms with Gasteiger partial charge >= 0.3 is 0 Å². The summed E-state index contributed by atoms with van der Waals surface area (Å²) in [4.78, 5) is 21.5. The maximum absolute atomic E-state index is 13.2. The van der Waals surface area contributed by atoms with Gasteiger partial charge in [0.25, 0.3) is 5.91 Å². The van der Waals surface area contributed by atoms with E-state index in [1.807, 2.05) is 35.9 Å². The number of nitrogens with one attached hydrogen (secondary N) is 1. The van der Waals surface area contributed by atoms with Gasteiger partial charge in [0.1, 0.15) is 5.75 Å². The highest BCUT2D eigenvalue weighted by Gasteiger charge is 2.23. The monoisotopic (exact) mass is 461 g/mol. The fraction of sp³-hybridized carbons (Fsp3) is 0.320. The Hall–Kier alpha value is -3.39. The number of hydrogen-bond donors (Lipinski definition) is 1. The number of pyridine rings is 1. The predicted octanol–water partition coefficient (Wildman–Crippen LogP) is 4.26. The van der Waals surface area contributed by atoms with Crippen LogP contribution in [0.4, 0.5) is 5.69 Å². The fourth-order valence-corrected chi connectivity index (χ4v) is 5.05. The molecule has 4 heterocycles. The number of aromatic nitrogens is 3. The molecule has 0 unspecified atom stereocenters. The first-order valence-electron chi connectivity index (χ1n) is 11.2. The molecule has 1 amide bonds. The lowest BCUT2D eigenvalue weighted by atomic mass is 10.0. The number of carbonyl (C=O) groups excluding carboxylic acids is 1. The van der Waals surface area contributed by atoms with Gasteiger partial charge in [-0.05, 0) is 61.5 Å². The second-order valence-electron chi connectivity index (χ2n) is 8.36. The summed E-state index contributed by atoms with van der Waals surface area (Å²) in [6, 6.07) is 14.3. The normalized spacial score (nSPS) is 14.5. The Kier molecular flexibility index (Phi) is 6.00. The van der Waals surface area contributed by atoms with Crippen LogP contribution in [-0.2, 0) is 6.54 Å². The number of fused-ring (bicyclic) bond motifs is 1. The van der Waals surface area contributed by atoms with Crippen molar-refractivity contribution in [3.63, 3.8) is 0 Å². The van der Waals surface area contributed by atoms with Crippen molar-refractivity contribution in [3.8, 4) is 5.75 Å². The van der Waals surface area contributed by atoms with Crippen molar-refractivity contribution in [1.29, 1.82) is 0 Å². The Morgan fingerprint density at radius 2 is 2.00 bits per heavy atom. The van der Waals surface area contributed by atoms with E-state index in [0.717, 1.165) is 48.4 Å². The molecule has 0 atom stereocenters. The smallest absolute Gasteiger partial charge is 0.252 e. The van der Waals surface area contributed by atoms with E-state index in [0.29, 0.717) is 12.1 Å². The molecule has 3 aromatic heterocycles. The minimum absolute atomic E-state index is 0.0518. The van der Waals surface area contributed by atoms with Gasteiger partial charge in [0.05, 0.1) is 30.8 Å². The number of methoxy groups -OCH3 is 1. The Labute approximate surface area is 197 Å². The number of thiophene rings is 1. The van der Waals surface area contributed by atoms with Gasteiger partial charge in [-0.25, -0.2) is 9.67 Å². The molecule has 5 rings (SSSR count). The number of benzene rings is 1. The topological polar surface area (TPSA) is 72.3 Å². The van der Waals surface area contributed by atoms with Crippen LogP contribution in [0, 0.1) is 6.92 Å². The second kappa shape index (κ2) is 9.23. The Bertz CT molecular complexity index is 1240. The van der Waals surface area contributed by atoms with Gasteiger partial charge in [0.15, 0.2) is 5.65 Å². The summed E-state index contributed by atoms with van der Waals surface area (Å²) in [5, 5.41) is 10.6. The van der Waals surface area contributed by atoms with Gasteiger partial charge in [0, 0.05) is 35.4 Å². The van der Waals surface area contributed by atoms with Crippen molar-refractivity contribution in [2.45, 2.75) is 32.4 Å². The van der Waals surface area contributed by atoms with Crippen molar-refractivity contribution in [3.05, 3.63) is 70.2 Å². The van der Waals surface area contributed by atoms with E-state index in [1.165, 1.54) is 10.6 Å². The third-order valence-corrected chi connectivity index (χ3v) is 7.00. The van der Waals surface area contributed by atoms with Gasteiger partial charge in [0.2, 0.25) is 0 Å². The van der Waals surface area contributed by atoms with E-state index >= 15 is 0 Å². The molecule has 33 heavy (non-hydrogen) atoms.